The van der Waals surface area contributed by atoms with E-state index >= 15 is 0 Å². The van der Waals surface area contributed by atoms with Crippen LogP contribution in [0.25, 0.3) is 0 Å². The van der Waals surface area contributed by atoms with Crippen molar-refractivity contribution in [3.05, 3.63) is 23.8 Å². The molecule has 0 radical (unpaired) electrons. The molecule has 162 valence electrons. The number of ether oxygens (including phenoxy) is 1. The summed E-state index contributed by atoms with van der Waals surface area (Å²) in [5, 5.41) is 2.93. The van der Waals surface area contributed by atoms with Crippen LogP contribution in [0.2, 0.25) is 0 Å². The highest BCUT2D eigenvalue weighted by atomic mass is 32.2. The quantitative estimate of drug-likeness (QED) is 0.788. The number of benzene rings is 1. The summed E-state index contributed by atoms with van der Waals surface area (Å²) in [4.78, 5) is 15.3. The molecule has 2 fully saturated rings. The fraction of sp³-hybridized carbons (Fsp3) is 0.667. The lowest BCUT2D eigenvalue weighted by molar-refractivity contribution is -0.120. The van der Waals surface area contributed by atoms with Gasteiger partial charge >= 0.3 is 0 Å². The van der Waals surface area contributed by atoms with Gasteiger partial charge in [0.15, 0.2) is 0 Å². The Kier molecular flexibility index (Phi) is 7.67. The summed E-state index contributed by atoms with van der Waals surface area (Å²) in [5.41, 5.74) is 1.19. The molecule has 0 saturated carbocycles. The zero-order valence-corrected chi connectivity index (χ0v) is 18.3. The Morgan fingerprint density at radius 1 is 1.03 bits per heavy atom. The minimum Gasteiger partial charge on any atom is -0.379 e. The molecule has 8 heteroatoms. The normalized spacial score (nSPS) is 21.2. The number of amides is 1. The molecule has 0 spiro atoms. The average molecular weight is 424 g/mol. The molecule has 3 rings (SSSR count). The molecule has 7 nitrogen and oxygen atoms in total. The second kappa shape index (κ2) is 10.0. The molecule has 2 aliphatic heterocycles. The van der Waals surface area contributed by atoms with Gasteiger partial charge in [-0.2, -0.15) is 4.31 Å². The van der Waals surface area contributed by atoms with E-state index in [1.807, 2.05) is 6.92 Å². The highest BCUT2D eigenvalue weighted by Crippen LogP contribution is 2.25. The smallest absolute Gasteiger partial charge is 0.243 e. The fourth-order valence-corrected chi connectivity index (χ4v) is 5.61. The third kappa shape index (κ3) is 5.57. The second-order valence-corrected chi connectivity index (χ2v) is 9.87. The maximum Gasteiger partial charge on any atom is 0.243 e. The van der Waals surface area contributed by atoms with Gasteiger partial charge in [-0.15, -0.1) is 0 Å². The lowest BCUT2D eigenvalue weighted by atomic mass is 10.1. The minimum absolute atomic E-state index is 0.0934. The van der Waals surface area contributed by atoms with E-state index in [0.717, 1.165) is 25.9 Å². The van der Waals surface area contributed by atoms with Crippen LogP contribution < -0.4 is 5.32 Å². The van der Waals surface area contributed by atoms with Crippen molar-refractivity contribution in [2.45, 2.75) is 56.9 Å². The van der Waals surface area contributed by atoms with Gasteiger partial charge in [0, 0.05) is 18.8 Å². The van der Waals surface area contributed by atoms with E-state index in [1.54, 1.807) is 25.1 Å². The van der Waals surface area contributed by atoms with Gasteiger partial charge in [-0.25, -0.2) is 8.42 Å². The van der Waals surface area contributed by atoms with Gasteiger partial charge in [-0.3, -0.25) is 9.69 Å². The van der Waals surface area contributed by atoms with Crippen LogP contribution in [-0.2, 0) is 19.6 Å². The maximum atomic E-state index is 13.0. The summed E-state index contributed by atoms with van der Waals surface area (Å²) in [7, 11) is -3.61. The van der Waals surface area contributed by atoms with Crippen LogP contribution in [0.4, 0.5) is 5.69 Å². The van der Waals surface area contributed by atoms with Gasteiger partial charge in [0.1, 0.15) is 0 Å². The van der Waals surface area contributed by atoms with Crippen LogP contribution >= 0.6 is 0 Å². The molecule has 1 aromatic carbocycles. The minimum atomic E-state index is -3.61. The topological polar surface area (TPSA) is 79.0 Å². The Labute approximate surface area is 174 Å². The molecular formula is C21H33N3O4S. The van der Waals surface area contributed by atoms with Crippen molar-refractivity contribution in [2.24, 2.45) is 0 Å². The molecular weight excluding hydrogens is 390 g/mol. The van der Waals surface area contributed by atoms with E-state index in [9.17, 15) is 13.2 Å². The van der Waals surface area contributed by atoms with Crippen molar-refractivity contribution in [3.63, 3.8) is 0 Å². The van der Waals surface area contributed by atoms with Gasteiger partial charge in [0.25, 0.3) is 0 Å². The van der Waals surface area contributed by atoms with Crippen LogP contribution in [0.3, 0.4) is 0 Å². The lowest BCUT2D eigenvalue weighted by Gasteiger charge is -2.30. The summed E-state index contributed by atoms with van der Waals surface area (Å²) in [5.74, 6) is -0.0934. The zero-order valence-electron chi connectivity index (χ0n) is 17.5. The first-order valence-corrected chi connectivity index (χ1v) is 12.1. The number of nitrogens with zero attached hydrogens (tertiary/aromatic N) is 2. The number of carbonyl (C=O) groups excluding carboxylic acids is 1. The number of carbonyl (C=O) groups is 1. The Balaban J connectivity index is 1.72. The predicted octanol–water partition coefficient (Wildman–Crippen LogP) is 2.61. The van der Waals surface area contributed by atoms with Gasteiger partial charge in [0.2, 0.25) is 15.9 Å². The van der Waals surface area contributed by atoms with E-state index in [1.165, 1.54) is 23.6 Å². The number of sulfonamides is 1. The van der Waals surface area contributed by atoms with Crippen LogP contribution in [0, 0.1) is 6.92 Å². The highest BCUT2D eigenvalue weighted by molar-refractivity contribution is 7.89. The number of aryl methyl sites for hydroxylation is 1. The van der Waals surface area contributed by atoms with Crippen molar-refractivity contribution in [1.29, 1.82) is 0 Å². The molecule has 1 atom stereocenters. The molecule has 29 heavy (non-hydrogen) atoms. The first-order chi connectivity index (χ1) is 13.9. The average Bonchev–Trinajstić information content (AvgIpc) is 2.69. The first-order valence-electron chi connectivity index (χ1n) is 10.6. The van der Waals surface area contributed by atoms with Gasteiger partial charge in [-0.1, -0.05) is 25.3 Å². The molecule has 1 aromatic rings. The number of nitrogens with one attached hydrogen (secondary N) is 1. The van der Waals surface area contributed by atoms with E-state index in [0.29, 0.717) is 37.6 Å². The van der Waals surface area contributed by atoms with Crippen LogP contribution in [-0.4, -0.2) is 69.0 Å². The van der Waals surface area contributed by atoms with Crippen molar-refractivity contribution >= 4 is 21.6 Å². The van der Waals surface area contributed by atoms with Crippen molar-refractivity contribution < 1.29 is 17.9 Å². The standard InChI is InChI=1S/C21H33N3O4S/c1-17-8-9-19(16-20(17)29(26,27)24-12-14-28-15-13-24)22-21(25)18(2)23-10-6-4-3-5-7-11-23/h8-9,16,18H,3-7,10-15H2,1-2H3,(H,22,25). The molecule has 1 amide bonds. The van der Waals surface area contributed by atoms with Crippen molar-refractivity contribution in [1.82, 2.24) is 9.21 Å². The SMILES string of the molecule is Cc1ccc(NC(=O)C(C)N2CCCCCCC2)cc1S(=O)(=O)N1CCOCC1. The first kappa shape index (κ1) is 22.2. The Bertz CT molecular complexity index is 798. The number of hydrogen-bond acceptors (Lipinski definition) is 5. The van der Waals surface area contributed by atoms with Gasteiger partial charge in [-0.05, 0) is 57.5 Å². The number of likely N-dealkylation sites (tertiary alicyclic amines) is 1. The largest absolute Gasteiger partial charge is 0.379 e. The Morgan fingerprint density at radius 2 is 1.66 bits per heavy atom. The van der Waals surface area contributed by atoms with Crippen LogP contribution in [0.1, 0.15) is 44.6 Å². The van der Waals surface area contributed by atoms with E-state index in [4.69, 9.17) is 4.74 Å². The zero-order chi connectivity index (χ0) is 20.9. The van der Waals surface area contributed by atoms with Crippen molar-refractivity contribution in [2.75, 3.05) is 44.7 Å². The van der Waals surface area contributed by atoms with Gasteiger partial charge in [0.05, 0.1) is 24.2 Å². The summed E-state index contributed by atoms with van der Waals surface area (Å²) in [6.07, 6.45) is 5.93. The number of anilines is 1. The number of hydrogen-bond donors (Lipinski definition) is 1. The monoisotopic (exact) mass is 423 g/mol. The molecule has 1 unspecified atom stereocenters. The molecule has 2 aliphatic rings. The fourth-order valence-electron chi connectivity index (χ4n) is 3.95. The lowest BCUT2D eigenvalue weighted by Crippen LogP contribution is -2.43. The van der Waals surface area contributed by atoms with Crippen LogP contribution in [0.5, 0.6) is 0 Å². The Hall–Kier alpha value is -1.48. The summed E-state index contributed by atoms with van der Waals surface area (Å²) < 4.78 is 32.8. The van der Waals surface area contributed by atoms with E-state index < -0.39 is 10.0 Å². The van der Waals surface area contributed by atoms with Gasteiger partial charge < -0.3 is 10.1 Å². The second-order valence-electron chi connectivity index (χ2n) is 7.97. The molecule has 2 heterocycles. The predicted molar refractivity (Wildman–Crippen MR) is 114 cm³/mol. The molecule has 0 aromatic heterocycles. The summed E-state index contributed by atoms with van der Waals surface area (Å²) in [6, 6.07) is 4.86. The third-order valence-corrected chi connectivity index (χ3v) is 7.90. The maximum absolute atomic E-state index is 13.0. The molecule has 0 aliphatic carbocycles. The summed E-state index contributed by atoms with van der Waals surface area (Å²) in [6.45, 7) is 7.08. The number of rotatable bonds is 5. The molecule has 0 bridgehead atoms. The highest BCUT2D eigenvalue weighted by Gasteiger charge is 2.28. The van der Waals surface area contributed by atoms with E-state index in [2.05, 4.69) is 10.2 Å². The van der Waals surface area contributed by atoms with Crippen LogP contribution in [0.15, 0.2) is 23.1 Å². The molecule has 2 saturated heterocycles. The number of morpholine rings is 1. The molecule has 1 N–H and O–H groups in total. The third-order valence-electron chi connectivity index (χ3n) is 5.86. The Morgan fingerprint density at radius 3 is 2.31 bits per heavy atom. The van der Waals surface area contributed by atoms with E-state index in [-0.39, 0.29) is 16.8 Å². The van der Waals surface area contributed by atoms with Crippen molar-refractivity contribution in [3.8, 4) is 0 Å². The summed E-state index contributed by atoms with van der Waals surface area (Å²) >= 11 is 0.